The van der Waals surface area contributed by atoms with Gasteiger partial charge in [-0.05, 0) is 13.8 Å². The van der Waals surface area contributed by atoms with E-state index in [1.165, 1.54) is 0 Å². The monoisotopic (exact) mass is 303 g/mol. The SMILES string of the molecule is C#CCCC1(CCNC(=O)COc2cnn(C(C)C)c2)N=N1. The van der Waals surface area contributed by atoms with Crippen molar-refractivity contribution in [1.82, 2.24) is 15.1 Å². The lowest BCUT2D eigenvalue weighted by atomic mass is 10.0. The molecule has 1 amide bonds. The molecule has 7 heteroatoms. The summed E-state index contributed by atoms with van der Waals surface area (Å²) in [5, 5.41) is 15.0. The van der Waals surface area contributed by atoms with Crippen LogP contribution >= 0.6 is 0 Å². The van der Waals surface area contributed by atoms with Crippen molar-refractivity contribution in [3.05, 3.63) is 12.4 Å². The highest BCUT2D eigenvalue weighted by atomic mass is 16.5. The minimum atomic E-state index is -0.362. The molecule has 1 N–H and O–H groups in total. The number of rotatable bonds is 9. The molecule has 1 aliphatic heterocycles. The first kappa shape index (κ1) is 16.0. The van der Waals surface area contributed by atoms with Crippen molar-refractivity contribution in [3.8, 4) is 18.1 Å². The third-order valence-electron chi connectivity index (χ3n) is 3.38. The molecule has 118 valence electrons. The minimum Gasteiger partial charge on any atom is -0.480 e. The number of hydrogen-bond donors (Lipinski definition) is 1. The van der Waals surface area contributed by atoms with E-state index in [2.05, 4.69) is 26.6 Å². The third kappa shape index (κ3) is 4.58. The van der Waals surface area contributed by atoms with Crippen LogP contribution < -0.4 is 10.1 Å². The van der Waals surface area contributed by atoms with Crippen molar-refractivity contribution >= 4 is 5.91 Å². The number of carbonyl (C=O) groups excluding carboxylic acids is 1. The van der Waals surface area contributed by atoms with Crippen LogP contribution in [0.1, 0.15) is 39.2 Å². The van der Waals surface area contributed by atoms with Gasteiger partial charge in [-0.3, -0.25) is 9.48 Å². The Labute approximate surface area is 130 Å². The second kappa shape index (κ2) is 7.07. The van der Waals surface area contributed by atoms with E-state index in [4.69, 9.17) is 11.2 Å². The van der Waals surface area contributed by atoms with E-state index in [-0.39, 0.29) is 24.2 Å². The first-order valence-electron chi connectivity index (χ1n) is 7.36. The van der Waals surface area contributed by atoms with Gasteiger partial charge in [0.15, 0.2) is 18.0 Å². The van der Waals surface area contributed by atoms with Crippen molar-refractivity contribution in [2.45, 2.75) is 44.8 Å². The van der Waals surface area contributed by atoms with Gasteiger partial charge in [-0.15, -0.1) is 12.3 Å². The molecule has 1 aromatic rings. The predicted octanol–water partition coefficient (Wildman–Crippen LogP) is 1.92. The molecule has 0 aliphatic carbocycles. The number of nitrogens with zero attached hydrogens (tertiary/aromatic N) is 4. The first-order chi connectivity index (χ1) is 10.5. The Hall–Kier alpha value is -2.36. The maximum atomic E-state index is 11.7. The Kier molecular flexibility index (Phi) is 5.15. The Morgan fingerprint density at radius 3 is 2.86 bits per heavy atom. The number of amides is 1. The fourth-order valence-corrected chi connectivity index (χ4v) is 1.95. The molecule has 0 radical (unpaired) electrons. The average molecular weight is 303 g/mol. The summed E-state index contributed by atoms with van der Waals surface area (Å²) in [6, 6.07) is 0.261. The number of aromatic nitrogens is 2. The summed E-state index contributed by atoms with van der Waals surface area (Å²) in [5.41, 5.74) is -0.362. The second-order valence-electron chi connectivity index (χ2n) is 5.53. The normalized spacial score (nSPS) is 14.6. The number of terminal acetylenes is 1. The van der Waals surface area contributed by atoms with E-state index in [1.54, 1.807) is 17.1 Å². The van der Waals surface area contributed by atoms with Crippen molar-refractivity contribution in [3.63, 3.8) is 0 Å². The lowest BCUT2D eigenvalue weighted by Gasteiger charge is -2.10. The molecule has 2 heterocycles. The van der Waals surface area contributed by atoms with Crippen molar-refractivity contribution in [1.29, 1.82) is 0 Å². The highest BCUT2D eigenvalue weighted by Gasteiger charge is 2.38. The van der Waals surface area contributed by atoms with Gasteiger partial charge in [0.1, 0.15) is 0 Å². The molecule has 7 nitrogen and oxygen atoms in total. The van der Waals surface area contributed by atoms with Crippen LogP contribution in [0, 0.1) is 12.3 Å². The maximum absolute atomic E-state index is 11.7. The Morgan fingerprint density at radius 1 is 1.50 bits per heavy atom. The summed E-state index contributed by atoms with van der Waals surface area (Å²) in [6.45, 7) is 4.52. The zero-order valence-corrected chi connectivity index (χ0v) is 13.0. The topological polar surface area (TPSA) is 80.9 Å². The Balaban J connectivity index is 1.63. The molecule has 1 aliphatic rings. The Bertz CT molecular complexity index is 579. The number of hydrogen-bond acceptors (Lipinski definition) is 5. The van der Waals surface area contributed by atoms with Gasteiger partial charge in [0.05, 0.1) is 12.4 Å². The molecule has 0 saturated carbocycles. The lowest BCUT2D eigenvalue weighted by Crippen LogP contribution is -2.32. The van der Waals surface area contributed by atoms with Crippen LogP contribution in [-0.4, -0.2) is 34.5 Å². The van der Waals surface area contributed by atoms with Crippen LogP contribution in [0.5, 0.6) is 5.75 Å². The predicted molar refractivity (Wildman–Crippen MR) is 81.4 cm³/mol. The van der Waals surface area contributed by atoms with Crippen molar-refractivity contribution < 1.29 is 9.53 Å². The fourth-order valence-electron chi connectivity index (χ4n) is 1.95. The first-order valence-corrected chi connectivity index (χ1v) is 7.36. The second-order valence-corrected chi connectivity index (χ2v) is 5.53. The standard InChI is InChI=1S/C15H21N5O2/c1-4-5-6-15(18-19-15)7-8-16-14(21)11-22-13-9-17-20(10-13)12(2)3/h1,9-10,12H,5-8,11H2,2-3H3,(H,16,21). The zero-order chi connectivity index (χ0) is 16.0. The summed E-state index contributed by atoms with van der Waals surface area (Å²) in [6.07, 6.45) is 10.7. The third-order valence-corrected chi connectivity index (χ3v) is 3.38. The largest absolute Gasteiger partial charge is 0.480 e. The van der Waals surface area contributed by atoms with Gasteiger partial charge in [-0.2, -0.15) is 15.3 Å². The van der Waals surface area contributed by atoms with Gasteiger partial charge in [0.2, 0.25) is 0 Å². The molecular formula is C15H21N5O2. The summed E-state index contributed by atoms with van der Waals surface area (Å²) in [4.78, 5) is 11.7. The summed E-state index contributed by atoms with van der Waals surface area (Å²) in [7, 11) is 0. The fraction of sp³-hybridized carbons (Fsp3) is 0.600. The van der Waals surface area contributed by atoms with E-state index in [0.717, 1.165) is 6.42 Å². The quantitative estimate of drug-likeness (QED) is 0.708. The molecule has 2 rings (SSSR count). The van der Waals surface area contributed by atoms with E-state index < -0.39 is 0 Å². The van der Waals surface area contributed by atoms with Gasteiger partial charge in [-0.25, -0.2) is 0 Å². The summed E-state index contributed by atoms with van der Waals surface area (Å²) < 4.78 is 7.17. The number of carbonyl (C=O) groups is 1. The van der Waals surface area contributed by atoms with E-state index in [9.17, 15) is 4.79 Å². The van der Waals surface area contributed by atoms with Gasteiger partial charge < -0.3 is 10.1 Å². The molecule has 0 aromatic carbocycles. The molecular weight excluding hydrogens is 282 g/mol. The van der Waals surface area contributed by atoms with Gasteiger partial charge in [-0.1, -0.05) is 0 Å². The van der Waals surface area contributed by atoms with E-state index in [0.29, 0.717) is 25.1 Å². The highest BCUT2D eigenvalue weighted by molar-refractivity contribution is 5.77. The van der Waals surface area contributed by atoms with Crippen LogP contribution in [0.4, 0.5) is 0 Å². The van der Waals surface area contributed by atoms with E-state index >= 15 is 0 Å². The van der Waals surface area contributed by atoms with Crippen LogP contribution in [0.15, 0.2) is 22.6 Å². The number of nitrogens with one attached hydrogen (secondary N) is 1. The molecule has 0 saturated heterocycles. The summed E-state index contributed by atoms with van der Waals surface area (Å²) >= 11 is 0. The number of ether oxygens (including phenoxy) is 1. The van der Waals surface area contributed by atoms with Crippen LogP contribution in [0.2, 0.25) is 0 Å². The van der Waals surface area contributed by atoms with Gasteiger partial charge in [0, 0.05) is 31.8 Å². The Morgan fingerprint density at radius 2 is 2.27 bits per heavy atom. The smallest absolute Gasteiger partial charge is 0.257 e. The molecule has 1 aromatic heterocycles. The van der Waals surface area contributed by atoms with Crippen LogP contribution in [-0.2, 0) is 4.79 Å². The van der Waals surface area contributed by atoms with Crippen molar-refractivity contribution in [2.24, 2.45) is 10.2 Å². The van der Waals surface area contributed by atoms with Gasteiger partial charge in [0.25, 0.3) is 5.91 Å². The highest BCUT2D eigenvalue weighted by Crippen LogP contribution is 2.35. The molecule has 0 fully saturated rings. The van der Waals surface area contributed by atoms with Crippen molar-refractivity contribution in [2.75, 3.05) is 13.2 Å². The maximum Gasteiger partial charge on any atom is 0.257 e. The lowest BCUT2D eigenvalue weighted by molar-refractivity contribution is -0.123. The van der Waals surface area contributed by atoms with Gasteiger partial charge >= 0.3 is 0 Å². The van der Waals surface area contributed by atoms with Crippen LogP contribution in [0.25, 0.3) is 0 Å². The molecule has 0 atom stereocenters. The summed E-state index contributed by atoms with van der Waals surface area (Å²) in [5.74, 6) is 2.98. The van der Waals surface area contributed by atoms with E-state index in [1.807, 2.05) is 13.8 Å². The average Bonchev–Trinajstić information content (AvgIpc) is 3.09. The molecule has 22 heavy (non-hydrogen) atoms. The molecule has 0 unspecified atom stereocenters. The molecule has 0 spiro atoms. The molecule has 0 bridgehead atoms. The minimum absolute atomic E-state index is 0.0323. The van der Waals surface area contributed by atoms with Crippen LogP contribution in [0.3, 0.4) is 0 Å². The zero-order valence-electron chi connectivity index (χ0n) is 13.0.